The molecule has 0 amide bonds. The van der Waals surface area contributed by atoms with Gasteiger partial charge in [0.25, 0.3) is 0 Å². The van der Waals surface area contributed by atoms with Gasteiger partial charge in [-0.3, -0.25) is 4.90 Å². The molecule has 0 aliphatic rings. The zero-order chi connectivity index (χ0) is 16.0. The molecule has 0 bridgehead atoms. The monoisotopic (exact) mass is 293 g/mol. The van der Waals surface area contributed by atoms with E-state index < -0.39 is 5.60 Å². The van der Waals surface area contributed by atoms with Gasteiger partial charge in [0.15, 0.2) is 11.5 Å². The smallest absolute Gasteiger partial charge is 0.161 e. The molecule has 1 rings (SSSR count). The maximum atomic E-state index is 10.2. The van der Waals surface area contributed by atoms with Gasteiger partial charge >= 0.3 is 0 Å². The third-order valence-corrected chi connectivity index (χ3v) is 3.53. The molecule has 118 valence electrons. The van der Waals surface area contributed by atoms with Crippen molar-refractivity contribution in [3.63, 3.8) is 0 Å². The summed E-state index contributed by atoms with van der Waals surface area (Å²) >= 11 is 0. The van der Waals surface area contributed by atoms with Crippen LogP contribution in [-0.2, 0) is 6.54 Å². The van der Waals surface area contributed by atoms with E-state index in [0.717, 1.165) is 17.9 Å². The van der Waals surface area contributed by atoms with Crippen LogP contribution in [-0.4, -0.2) is 42.4 Å². The van der Waals surface area contributed by atoms with Gasteiger partial charge in [0, 0.05) is 19.1 Å². The fraction of sp³-hybridized carbons (Fsp3) is 0.529. The van der Waals surface area contributed by atoms with Crippen LogP contribution in [0.25, 0.3) is 0 Å². The van der Waals surface area contributed by atoms with E-state index in [0.29, 0.717) is 18.3 Å². The topological polar surface area (TPSA) is 41.9 Å². The van der Waals surface area contributed by atoms with Crippen molar-refractivity contribution in [1.82, 2.24) is 4.90 Å². The molecule has 21 heavy (non-hydrogen) atoms. The summed E-state index contributed by atoms with van der Waals surface area (Å²) in [6.07, 6.45) is 1.58. The lowest BCUT2D eigenvalue weighted by atomic mass is 10.0. The minimum Gasteiger partial charge on any atom is -0.493 e. The van der Waals surface area contributed by atoms with E-state index in [9.17, 15) is 5.11 Å². The lowest BCUT2D eigenvalue weighted by molar-refractivity contribution is 0.0458. The minimum absolute atomic E-state index is 0.310. The number of hydrogen-bond acceptors (Lipinski definition) is 4. The van der Waals surface area contributed by atoms with Gasteiger partial charge in [-0.25, -0.2) is 0 Å². The van der Waals surface area contributed by atoms with Crippen molar-refractivity contribution in [2.75, 3.05) is 20.8 Å². The molecule has 0 aromatic heterocycles. The fourth-order valence-electron chi connectivity index (χ4n) is 2.11. The van der Waals surface area contributed by atoms with E-state index in [-0.39, 0.29) is 0 Å². The van der Waals surface area contributed by atoms with Crippen LogP contribution in [0, 0.1) is 0 Å². The Morgan fingerprint density at radius 3 is 2.38 bits per heavy atom. The molecule has 0 saturated heterocycles. The molecular weight excluding hydrogens is 266 g/mol. The van der Waals surface area contributed by atoms with Crippen LogP contribution in [0.5, 0.6) is 11.5 Å². The zero-order valence-corrected chi connectivity index (χ0v) is 13.7. The zero-order valence-electron chi connectivity index (χ0n) is 13.7. The number of ether oxygens (including phenoxy) is 2. The van der Waals surface area contributed by atoms with Crippen molar-refractivity contribution in [2.45, 2.75) is 39.0 Å². The molecule has 0 spiro atoms. The highest BCUT2D eigenvalue weighted by molar-refractivity contribution is 5.42. The normalized spacial score (nSPS) is 14.1. The molecule has 4 nitrogen and oxygen atoms in total. The predicted molar refractivity (Wildman–Crippen MR) is 85.9 cm³/mol. The average molecular weight is 293 g/mol. The Morgan fingerprint density at radius 1 is 1.29 bits per heavy atom. The largest absolute Gasteiger partial charge is 0.493 e. The van der Waals surface area contributed by atoms with E-state index >= 15 is 0 Å². The Hall–Kier alpha value is -1.52. The summed E-state index contributed by atoms with van der Waals surface area (Å²) in [5.74, 6) is 1.43. The molecule has 1 aromatic carbocycles. The fourth-order valence-corrected chi connectivity index (χ4v) is 2.11. The number of rotatable bonds is 8. The minimum atomic E-state index is -0.902. The third kappa shape index (κ3) is 5.06. The Balaban J connectivity index is 2.91. The summed E-state index contributed by atoms with van der Waals surface area (Å²) in [4.78, 5) is 2.20. The highest BCUT2D eigenvalue weighted by Gasteiger charge is 2.22. The summed E-state index contributed by atoms with van der Waals surface area (Å²) in [5.41, 5.74) is 0.210. The summed E-state index contributed by atoms with van der Waals surface area (Å²) in [5, 5.41) is 10.2. The molecule has 1 aromatic rings. The van der Waals surface area contributed by atoms with Crippen molar-refractivity contribution in [2.24, 2.45) is 0 Å². The van der Waals surface area contributed by atoms with E-state index in [2.05, 4.69) is 25.3 Å². The van der Waals surface area contributed by atoms with Gasteiger partial charge in [0.05, 0.1) is 19.8 Å². The number of aliphatic hydroxyl groups is 1. The first kappa shape index (κ1) is 17.5. The number of hydrogen-bond donors (Lipinski definition) is 1. The number of nitrogens with zero attached hydrogens (tertiary/aromatic N) is 1. The maximum Gasteiger partial charge on any atom is 0.161 e. The van der Waals surface area contributed by atoms with Crippen LogP contribution in [0.2, 0.25) is 0 Å². The molecule has 1 unspecified atom stereocenters. The Labute approximate surface area is 128 Å². The summed E-state index contributed by atoms with van der Waals surface area (Å²) < 4.78 is 10.6. The predicted octanol–water partition coefficient (Wildman–Crippen LogP) is 2.85. The van der Waals surface area contributed by atoms with Crippen LogP contribution in [0.15, 0.2) is 30.9 Å². The molecule has 0 fully saturated rings. The van der Waals surface area contributed by atoms with Crippen molar-refractivity contribution >= 4 is 0 Å². The van der Waals surface area contributed by atoms with Gasteiger partial charge in [-0.05, 0) is 38.5 Å². The standard InChI is InChI=1S/C17H27NO3/c1-7-17(4,19)12-18(13(2)3)11-14-8-9-15(20-5)16(10-14)21-6/h7-10,13,19H,1,11-12H2,2-6H3. The maximum absolute atomic E-state index is 10.2. The second-order valence-electron chi connectivity index (χ2n) is 5.75. The first-order valence-corrected chi connectivity index (χ1v) is 7.14. The first-order chi connectivity index (χ1) is 9.82. The van der Waals surface area contributed by atoms with Crippen LogP contribution in [0.4, 0.5) is 0 Å². The Kier molecular flexibility index (Phi) is 6.24. The number of methoxy groups -OCH3 is 2. The second kappa shape index (κ2) is 7.48. The Bertz CT molecular complexity index is 469. The van der Waals surface area contributed by atoms with Gasteiger partial charge in [0.1, 0.15) is 0 Å². The molecule has 4 heteroatoms. The quantitative estimate of drug-likeness (QED) is 0.748. The molecule has 0 aliphatic heterocycles. The van der Waals surface area contributed by atoms with E-state index in [1.165, 1.54) is 0 Å². The summed E-state index contributed by atoms with van der Waals surface area (Å²) in [6, 6.07) is 6.19. The molecule has 0 aliphatic carbocycles. The van der Waals surface area contributed by atoms with E-state index in [4.69, 9.17) is 9.47 Å². The molecule has 0 saturated carbocycles. The van der Waals surface area contributed by atoms with Gasteiger partial charge < -0.3 is 14.6 Å². The Morgan fingerprint density at radius 2 is 1.90 bits per heavy atom. The van der Waals surface area contributed by atoms with Gasteiger partial charge in [-0.2, -0.15) is 0 Å². The van der Waals surface area contributed by atoms with Crippen LogP contribution < -0.4 is 9.47 Å². The molecule has 1 N–H and O–H groups in total. The van der Waals surface area contributed by atoms with E-state index in [1.807, 2.05) is 18.2 Å². The highest BCUT2D eigenvalue weighted by atomic mass is 16.5. The van der Waals surface area contributed by atoms with Crippen molar-refractivity contribution < 1.29 is 14.6 Å². The van der Waals surface area contributed by atoms with Crippen molar-refractivity contribution in [1.29, 1.82) is 0 Å². The van der Waals surface area contributed by atoms with Crippen molar-refractivity contribution in [3.8, 4) is 11.5 Å². The van der Waals surface area contributed by atoms with Crippen molar-refractivity contribution in [3.05, 3.63) is 36.4 Å². The average Bonchev–Trinajstić information content (AvgIpc) is 2.46. The van der Waals surface area contributed by atoms with Crippen LogP contribution >= 0.6 is 0 Å². The summed E-state index contributed by atoms with van der Waals surface area (Å²) in [7, 11) is 3.25. The lowest BCUT2D eigenvalue weighted by Gasteiger charge is -2.32. The molecular formula is C17H27NO3. The van der Waals surface area contributed by atoms with Gasteiger partial charge in [0.2, 0.25) is 0 Å². The molecule has 0 heterocycles. The first-order valence-electron chi connectivity index (χ1n) is 7.14. The molecule has 1 atom stereocenters. The van der Waals surface area contributed by atoms with Gasteiger partial charge in [-0.1, -0.05) is 12.1 Å². The third-order valence-electron chi connectivity index (χ3n) is 3.53. The van der Waals surface area contributed by atoms with Gasteiger partial charge in [-0.15, -0.1) is 6.58 Å². The lowest BCUT2D eigenvalue weighted by Crippen LogP contribution is -2.42. The SMILES string of the molecule is C=CC(C)(O)CN(Cc1ccc(OC)c(OC)c1)C(C)C. The summed E-state index contributed by atoms with van der Waals surface area (Å²) in [6.45, 7) is 10.9. The number of benzene rings is 1. The van der Waals surface area contributed by atoms with E-state index in [1.54, 1.807) is 27.2 Å². The molecule has 0 radical (unpaired) electrons. The highest BCUT2D eigenvalue weighted by Crippen LogP contribution is 2.28. The van der Waals surface area contributed by atoms with Crippen LogP contribution in [0.1, 0.15) is 26.3 Å². The second-order valence-corrected chi connectivity index (χ2v) is 5.75. The van der Waals surface area contributed by atoms with Crippen LogP contribution in [0.3, 0.4) is 0 Å².